The summed E-state index contributed by atoms with van der Waals surface area (Å²) in [4.78, 5) is 25.4. The summed E-state index contributed by atoms with van der Waals surface area (Å²) in [6.07, 6.45) is 0.363. The number of halogens is 1. The van der Waals surface area contributed by atoms with Gasteiger partial charge >= 0.3 is 12.1 Å². The van der Waals surface area contributed by atoms with Crippen LogP contribution in [0.2, 0.25) is 0 Å². The highest BCUT2D eigenvalue weighted by Gasteiger charge is 2.33. The number of carbonyl (C=O) groups is 2. The minimum Gasteiger partial charge on any atom is -0.458 e. The number of hydrogen-bond donors (Lipinski definition) is 3. The molecule has 0 spiro atoms. The van der Waals surface area contributed by atoms with Crippen LogP contribution in [0, 0.1) is 17.3 Å². The van der Waals surface area contributed by atoms with E-state index in [0.717, 1.165) is 0 Å². The zero-order valence-corrected chi connectivity index (χ0v) is 15.2. The van der Waals surface area contributed by atoms with Crippen molar-refractivity contribution in [3.05, 3.63) is 59.9 Å². The van der Waals surface area contributed by atoms with Crippen molar-refractivity contribution in [1.29, 1.82) is 5.26 Å². The molecule has 9 nitrogen and oxygen atoms in total. The van der Waals surface area contributed by atoms with E-state index in [0.29, 0.717) is 11.3 Å². The lowest BCUT2D eigenvalue weighted by Crippen LogP contribution is -2.32. The number of nitrogens with one attached hydrogen (secondary N) is 3. The summed E-state index contributed by atoms with van der Waals surface area (Å²) >= 11 is 0. The number of esters is 1. The van der Waals surface area contributed by atoms with Crippen LogP contribution in [-0.2, 0) is 9.47 Å². The molecule has 29 heavy (non-hydrogen) atoms. The van der Waals surface area contributed by atoms with Crippen molar-refractivity contribution in [2.75, 3.05) is 30.0 Å². The molecule has 1 fully saturated rings. The average Bonchev–Trinajstić information content (AvgIpc) is 3.11. The van der Waals surface area contributed by atoms with Gasteiger partial charge in [0.2, 0.25) is 0 Å². The lowest BCUT2D eigenvalue weighted by molar-refractivity contribution is 0.0300. The molecule has 2 aromatic rings. The molecule has 1 amide bonds. The fourth-order valence-corrected chi connectivity index (χ4v) is 2.68. The minimum absolute atomic E-state index is 0.102. The summed E-state index contributed by atoms with van der Waals surface area (Å²) in [7, 11) is 0. The van der Waals surface area contributed by atoms with E-state index in [1.807, 2.05) is 0 Å². The highest BCUT2D eigenvalue weighted by molar-refractivity contribution is 5.91. The van der Waals surface area contributed by atoms with Gasteiger partial charge in [-0.15, -0.1) is 0 Å². The van der Waals surface area contributed by atoms with E-state index in [1.54, 1.807) is 42.6 Å². The Balaban J connectivity index is 1.55. The number of nitriles is 1. The van der Waals surface area contributed by atoms with Gasteiger partial charge in [0, 0.05) is 0 Å². The molecule has 1 aliphatic rings. The normalized spacial score (nSPS) is 15.4. The van der Waals surface area contributed by atoms with Crippen LogP contribution in [-0.4, -0.2) is 38.0 Å². The molecule has 0 saturated carbocycles. The van der Waals surface area contributed by atoms with Crippen LogP contribution in [0.4, 0.5) is 20.6 Å². The highest BCUT2D eigenvalue weighted by atomic mass is 19.1. The molecule has 1 saturated heterocycles. The summed E-state index contributed by atoms with van der Waals surface area (Å²) in [5, 5.41) is 11.1. The molecule has 3 rings (SSSR count). The van der Waals surface area contributed by atoms with Crippen LogP contribution < -0.4 is 21.1 Å². The van der Waals surface area contributed by atoms with E-state index in [9.17, 15) is 14.0 Å². The summed E-state index contributed by atoms with van der Waals surface area (Å²) in [5.41, 5.74) is 5.63. The van der Waals surface area contributed by atoms with Crippen molar-refractivity contribution in [3.8, 4) is 6.19 Å². The number of amides is 1. The number of carbonyl (C=O) groups excluding carboxylic acids is 2. The minimum atomic E-state index is -0.655. The lowest BCUT2D eigenvalue weighted by atomic mass is 10.2. The molecule has 0 aliphatic carbocycles. The Morgan fingerprint density at radius 1 is 1.31 bits per heavy atom. The topological polar surface area (TPSA) is 116 Å². The molecule has 0 aromatic heterocycles. The van der Waals surface area contributed by atoms with Crippen LogP contribution in [0.15, 0.2) is 48.5 Å². The Labute approximate surface area is 166 Å². The van der Waals surface area contributed by atoms with Gasteiger partial charge in [-0.05, 0) is 30.3 Å². The number of ether oxygens (including phenoxy) is 2. The third kappa shape index (κ3) is 5.12. The van der Waals surface area contributed by atoms with Gasteiger partial charge in [0.15, 0.2) is 12.3 Å². The van der Waals surface area contributed by atoms with Crippen molar-refractivity contribution in [1.82, 2.24) is 10.9 Å². The molecule has 0 unspecified atom stereocenters. The number of benzene rings is 2. The zero-order valence-electron chi connectivity index (χ0n) is 15.2. The number of cyclic esters (lactones) is 1. The second-order valence-electron chi connectivity index (χ2n) is 6.01. The van der Waals surface area contributed by atoms with Gasteiger partial charge in [-0.2, -0.15) is 5.26 Å². The standard InChI is InChI=1S/C19H18FN5O4/c20-16-8-14(6-7-17(16)22-12-24-23-11-21)25-9-15(29-19(25)27)10-28-18(26)13-4-2-1-3-5-13/h1-8,15,22-24H,9-10,12H2/t15-/m1/s1. The number of anilines is 2. The highest BCUT2D eigenvalue weighted by Crippen LogP contribution is 2.26. The van der Waals surface area contributed by atoms with Gasteiger partial charge in [0.1, 0.15) is 12.4 Å². The van der Waals surface area contributed by atoms with Gasteiger partial charge in [-0.3, -0.25) is 10.3 Å². The van der Waals surface area contributed by atoms with E-state index in [2.05, 4.69) is 16.2 Å². The van der Waals surface area contributed by atoms with Gasteiger partial charge < -0.3 is 14.8 Å². The summed E-state index contributed by atoms with van der Waals surface area (Å²) in [5.74, 6) is -1.09. The fourth-order valence-electron chi connectivity index (χ4n) is 2.68. The number of nitrogens with zero attached hydrogens (tertiary/aromatic N) is 2. The van der Waals surface area contributed by atoms with E-state index in [4.69, 9.17) is 14.7 Å². The predicted octanol–water partition coefficient (Wildman–Crippen LogP) is 1.95. The SMILES string of the molecule is N#CNNCNc1ccc(N2C[C@H](COC(=O)c3ccccc3)OC2=O)cc1F. The Hall–Kier alpha value is -3.84. The summed E-state index contributed by atoms with van der Waals surface area (Å²) in [6.45, 7) is 0.140. The Morgan fingerprint density at radius 2 is 2.10 bits per heavy atom. The maximum atomic E-state index is 14.3. The Bertz CT molecular complexity index is 919. The van der Waals surface area contributed by atoms with E-state index in [-0.39, 0.29) is 25.5 Å². The monoisotopic (exact) mass is 399 g/mol. The largest absolute Gasteiger partial charge is 0.458 e. The fraction of sp³-hybridized carbons (Fsp3) is 0.211. The Morgan fingerprint density at radius 3 is 2.83 bits per heavy atom. The van der Waals surface area contributed by atoms with Gasteiger partial charge in [-0.25, -0.2) is 19.4 Å². The number of hydrazine groups is 1. The predicted molar refractivity (Wildman–Crippen MR) is 101 cm³/mol. The van der Waals surface area contributed by atoms with Crippen LogP contribution in [0.3, 0.4) is 0 Å². The van der Waals surface area contributed by atoms with Crippen molar-refractivity contribution in [2.45, 2.75) is 6.10 Å². The number of rotatable bonds is 8. The molecule has 1 atom stereocenters. The number of hydrogen-bond acceptors (Lipinski definition) is 8. The van der Waals surface area contributed by atoms with E-state index >= 15 is 0 Å². The molecule has 1 heterocycles. The van der Waals surface area contributed by atoms with E-state index < -0.39 is 24.0 Å². The second kappa shape index (κ2) is 9.38. The quantitative estimate of drug-likeness (QED) is 0.154. The van der Waals surface area contributed by atoms with Gasteiger partial charge in [0.25, 0.3) is 0 Å². The van der Waals surface area contributed by atoms with Crippen molar-refractivity contribution in [2.24, 2.45) is 0 Å². The molecule has 2 aromatic carbocycles. The zero-order chi connectivity index (χ0) is 20.6. The second-order valence-corrected chi connectivity index (χ2v) is 6.01. The lowest BCUT2D eigenvalue weighted by Gasteiger charge is -2.15. The van der Waals surface area contributed by atoms with Gasteiger partial charge in [-0.1, -0.05) is 18.2 Å². The third-order valence-corrected chi connectivity index (χ3v) is 4.06. The maximum absolute atomic E-state index is 14.3. The molecule has 1 aliphatic heterocycles. The molecule has 0 radical (unpaired) electrons. The molecular formula is C19H18FN5O4. The Kier molecular flexibility index (Phi) is 6.44. The van der Waals surface area contributed by atoms with Gasteiger partial charge in [0.05, 0.1) is 30.2 Å². The van der Waals surface area contributed by atoms with Crippen LogP contribution in [0.5, 0.6) is 0 Å². The van der Waals surface area contributed by atoms with E-state index in [1.165, 1.54) is 17.0 Å². The van der Waals surface area contributed by atoms with Crippen molar-refractivity contribution in [3.63, 3.8) is 0 Å². The third-order valence-electron chi connectivity index (χ3n) is 4.06. The molecule has 10 heteroatoms. The van der Waals surface area contributed by atoms with Crippen LogP contribution in [0.25, 0.3) is 0 Å². The summed E-state index contributed by atoms with van der Waals surface area (Å²) < 4.78 is 24.6. The molecular weight excluding hydrogens is 381 g/mol. The van der Waals surface area contributed by atoms with Crippen LogP contribution in [0.1, 0.15) is 10.4 Å². The molecule has 150 valence electrons. The average molecular weight is 399 g/mol. The first-order chi connectivity index (χ1) is 14.1. The van der Waals surface area contributed by atoms with Crippen molar-refractivity contribution < 1.29 is 23.5 Å². The molecule has 3 N–H and O–H groups in total. The maximum Gasteiger partial charge on any atom is 0.414 e. The van der Waals surface area contributed by atoms with Crippen molar-refractivity contribution >= 4 is 23.4 Å². The smallest absolute Gasteiger partial charge is 0.414 e. The first kappa shape index (κ1) is 19.9. The first-order valence-electron chi connectivity index (χ1n) is 8.69. The molecule has 0 bridgehead atoms. The first-order valence-corrected chi connectivity index (χ1v) is 8.69. The summed E-state index contributed by atoms with van der Waals surface area (Å²) in [6, 6.07) is 12.7. The van der Waals surface area contributed by atoms with Crippen LogP contribution >= 0.6 is 0 Å².